The van der Waals surface area contributed by atoms with E-state index in [0.29, 0.717) is 6.61 Å². The summed E-state index contributed by atoms with van der Waals surface area (Å²) in [6.07, 6.45) is -0.390. The molecule has 0 aliphatic rings. The molecule has 118 valence electrons. The van der Waals surface area contributed by atoms with Crippen molar-refractivity contribution in [2.45, 2.75) is 26.4 Å². The molecule has 1 unspecified atom stereocenters. The minimum Gasteiger partial charge on any atom is -0.493 e. The highest BCUT2D eigenvalue weighted by Gasteiger charge is 2.10. The van der Waals surface area contributed by atoms with Crippen molar-refractivity contribution >= 4 is 17.2 Å². The van der Waals surface area contributed by atoms with E-state index in [1.54, 1.807) is 0 Å². The van der Waals surface area contributed by atoms with Crippen LogP contribution in [0.5, 0.6) is 5.75 Å². The minimum atomic E-state index is -0.657. The summed E-state index contributed by atoms with van der Waals surface area (Å²) < 4.78 is 5.60. The van der Waals surface area contributed by atoms with Crippen LogP contribution in [0.1, 0.15) is 29.2 Å². The Labute approximate surface area is 134 Å². The second-order valence-electron chi connectivity index (χ2n) is 5.30. The highest BCUT2D eigenvalue weighted by Crippen LogP contribution is 2.17. The van der Waals surface area contributed by atoms with E-state index < -0.39 is 6.10 Å². The van der Waals surface area contributed by atoms with E-state index in [4.69, 9.17) is 4.74 Å². The lowest BCUT2D eigenvalue weighted by molar-refractivity contribution is -0.122. The molecule has 2 aromatic rings. The van der Waals surface area contributed by atoms with Crippen LogP contribution in [0.3, 0.4) is 0 Å². The summed E-state index contributed by atoms with van der Waals surface area (Å²) in [7, 11) is 0. The fourth-order valence-electron chi connectivity index (χ4n) is 2.16. The molecule has 2 N–H and O–H groups in total. The maximum Gasteiger partial charge on any atom is 0.223 e. The summed E-state index contributed by atoms with van der Waals surface area (Å²) in [4.78, 5) is 11.7. The number of nitrogens with one attached hydrogen (secondary N) is 1. The molecule has 5 heteroatoms. The Morgan fingerprint density at radius 3 is 2.68 bits per heavy atom. The van der Waals surface area contributed by atoms with Crippen LogP contribution in [0.25, 0.3) is 0 Å². The molecule has 0 bridgehead atoms. The number of carbonyl (C=O) groups is 1. The predicted molar refractivity (Wildman–Crippen MR) is 88.3 cm³/mol. The summed E-state index contributed by atoms with van der Waals surface area (Å²) in [5.74, 6) is 0.655. The topological polar surface area (TPSA) is 58.6 Å². The predicted octanol–water partition coefficient (Wildman–Crippen LogP) is 2.98. The Morgan fingerprint density at radius 1 is 1.32 bits per heavy atom. The lowest BCUT2D eigenvalue weighted by Gasteiger charge is -2.11. The van der Waals surface area contributed by atoms with Gasteiger partial charge in [0.25, 0.3) is 0 Å². The van der Waals surface area contributed by atoms with E-state index in [-0.39, 0.29) is 18.9 Å². The van der Waals surface area contributed by atoms with Crippen molar-refractivity contribution in [3.05, 3.63) is 51.7 Å². The number of aliphatic hydroxyl groups excluding tert-OH is 1. The van der Waals surface area contributed by atoms with Gasteiger partial charge in [0.15, 0.2) is 0 Å². The molecule has 1 aromatic carbocycles. The fourth-order valence-corrected chi connectivity index (χ4v) is 2.87. The number of aryl methyl sites for hydroxylation is 2. The average Bonchev–Trinajstić information content (AvgIpc) is 2.98. The summed E-state index contributed by atoms with van der Waals surface area (Å²) in [5.41, 5.74) is 3.11. The Hall–Kier alpha value is -1.85. The third-order valence-electron chi connectivity index (χ3n) is 3.21. The summed E-state index contributed by atoms with van der Waals surface area (Å²) in [6.45, 7) is 4.57. The van der Waals surface area contributed by atoms with Gasteiger partial charge in [-0.2, -0.15) is 11.3 Å². The molecule has 1 heterocycles. The van der Waals surface area contributed by atoms with Crippen LogP contribution in [0.4, 0.5) is 0 Å². The normalized spacial score (nSPS) is 12.0. The van der Waals surface area contributed by atoms with Gasteiger partial charge in [-0.3, -0.25) is 4.79 Å². The molecule has 0 aliphatic carbocycles. The molecule has 0 saturated carbocycles. The molecule has 2 rings (SSSR count). The molecule has 0 fully saturated rings. The van der Waals surface area contributed by atoms with Crippen molar-refractivity contribution in [3.63, 3.8) is 0 Å². The van der Waals surface area contributed by atoms with Crippen LogP contribution < -0.4 is 10.1 Å². The van der Waals surface area contributed by atoms with Crippen LogP contribution in [-0.4, -0.2) is 24.2 Å². The third kappa shape index (κ3) is 5.16. The van der Waals surface area contributed by atoms with Gasteiger partial charge in [0.1, 0.15) is 5.75 Å². The lowest BCUT2D eigenvalue weighted by atomic mass is 10.1. The van der Waals surface area contributed by atoms with E-state index in [1.165, 1.54) is 11.3 Å². The number of thiophene rings is 1. The molecule has 0 saturated heterocycles. The van der Waals surface area contributed by atoms with E-state index in [9.17, 15) is 9.90 Å². The molecule has 0 spiro atoms. The van der Waals surface area contributed by atoms with E-state index in [0.717, 1.165) is 22.4 Å². The first-order valence-electron chi connectivity index (χ1n) is 7.22. The Morgan fingerprint density at radius 2 is 2.05 bits per heavy atom. The first-order chi connectivity index (χ1) is 10.5. The van der Waals surface area contributed by atoms with E-state index >= 15 is 0 Å². The van der Waals surface area contributed by atoms with Crippen molar-refractivity contribution in [3.8, 4) is 5.75 Å². The van der Waals surface area contributed by atoms with Gasteiger partial charge in [0.05, 0.1) is 19.1 Å². The van der Waals surface area contributed by atoms with Crippen LogP contribution in [-0.2, 0) is 4.79 Å². The van der Waals surface area contributed by atoms with Crippen LogP contribution in [0.2, 0.25) is 0 Å². The molecule has 0 aliphatic heterocycles. The van der Waals surface area contributed by atoms with Gasteiger partial charge in [-0.25, -0.2) is 0 Å². The van der Waals surface area contributed by atoms with Crippen molar-refractivity contribution < 1.29 is 14.6 Å². The smallest absolute Gasteiger partial charge is 0.223 e. The maximum atomic E-state index is 11.7. The van der Waals surface area contributed by atoms with E-state index in [2.05, 4.69) is 11.4 Å². The Bertz CT molecular complexity index is 590. The fraction of sp³-hybridized carbons (Fsp3) is 0.353. The highest BCUT2D eigenvalue weighted by molar-refractivity contribution is 7.07. The SMILES string of the molecule is Cc1cc(C)cc(OCCC(=O)NCC(O)c2ccsc2)c1. The molecular formula is C17H21NO3S. The standard InChI is InChI=1S/C17H21NO3S/c1-12-7-13(2)9-15(8-12)21-5-3-17(20)18-10-16(19)14-4-6-22-11-14/h4,6-9,11,16,19H,3,5,10H2,1-2H3,(H,18,20). The number of hydrogen-bond acceptors (Lipinski definition) is 4. The Kier molecular flexibility index (Phi) is 5.98. The number of amides is 1. The summed E-state index contributed by atoms with van der Waals surface area (Å²) in [6, 6.07) is 7.83. The van der Waals surface area contributed by atoms with Crippen LogP contribution >= 0.6 is 11.3 Å². The molecule has 1 atom stereocenters. The average molecular weight is 319 g/mol. The quantitative estimate of drug-likeness (QED) is 0.825. The maximum absolute atomic E-state index is 11.7. The molecule has 0 radical (unpaired) electrons. The van der Waals surface area contributed by atoms with Gasteiger partial charge in [0.2, 0.25) is 5.91 Å². The second-order valence-corrected chi connectivity index (χ2v) is 6.08. The van der Waals surface area contributed by atoms with Crippen LogP contribution in [0.15, 0.2) is 35.0 Å². The Balaban J connectivity index is 1.69. The van der Waals surface area contributed by atoms with Gasteiger partial charge in [-0.05, 0) is 59.5 Å². The van der Waals surface area contributed by atoms with Gasteiger partial charge in [-0.15, -0.1) is 0 Å². The largest absolute Gasteiger partial charge is 0.493 e. The van der Waals surface area contributed by atoms with Gasteiger partial charge < -0.3 is 15.2 Å². The number of hydrogen-bond donors (Lipinski definition) is 2. The molecule has 22 heavy (non-hydrogen) atoms. The zero-order valence-electron chi connectivity index (χ0n) is 12.8. The number of rotatable bonds is 7. The molecule has 1 aromatic heterocycles. The third-order valence-corrected chi connectivity index (χ3v) is 3.92. The summed E-state index contributed by atoms with van der Waals surface area (Å²) in [5, 5.41) is 16.4. The number of aliphatic hydroxyl groups is 1. The lowest BCUT2D eigenvalue weighted by Crippen LogP contribution is -2.29. The van der Waals surface area contributed by atoms with Crippen molar-refractivity contribution in [2.24, 2.45) is 0 Å². The van der Waals surface area contributed by atoms with Crippen molar-refractivity contribution in [1.29, 1.82) is 0 Å². The van der Waals surface area contributed by atoms with E-state index in [1.807, 2.05) is 42.8 Å². The van der Waals surface area contributed by atoms with Crippen LogP contribution in [0, 0.1) is 13.8 Å². The minimum absolute atomic E-state index is 0.126. The van der Waals surface area contributed by atoms with Gasteiger partial charge >= 0.3 is 0 Å². The first-order valence-corrected chi connectivity index (χ1v) is 8.17. The summed E-state index contributed by atoms with van der Waals surface area (Å²) >= 11 is 1.52. The number of benzene rings is 1. The molecule has 1 amide bonds. The monoisotopic (exact) mass is 319 g/mol. The first kappa shape index (κ1) is 16.5. The zero-order valence-corrected chi connectivity index (χ0v) is 13.7. The van der Waals surface area contributed by atoms with Crippen molar-refractivity contribution in [1.82, 2.24) is 5.32 Å². The highest BCUT2D eigenvalue weighted by atomic mass is 32.1. The zero-order chi connectivity index (χ0) is 15.9. The second kappa shape index (κ2) is 7.96. The van der Waals surface area contributed by atoms with Gasteiger partial charge in [-0.1, -0.05) is 6.07 Å². The number of carbonyl (C=O) groups excluding carboxylic acids is 1. The molecular weight excluding hydrogens is 298 g/mol. The molecule has 4 nitrogen and oxygen atoms in total. The number of ether oxygens (including phenoxy) is 1. The van der Waals surface area contributed by atoms with Gasteiger partial charge in [0, 0.05) is 6.54 Å². The van der Waals surface area contributed by atoms with Crippen molar-refractivity contribution in [2.75, 3.05) is 13.2 Å².